The number of piperidine rings is 1. The average molecular weight is 731 g/mol. The lowest BCUT2D eigenvalue weighted by Crippen LogP contribution is -2.55. The predicted molar refractivity (Wildman–Crippen MR) is 194 cm³/mol. The highest BCUT2D eigenvalue weighted by molar-refractivity contribution is 9.10. The number of benzene rings is 2. The summed E-state index contributed by atoms with van der Waals surface area (Å²) < 4.78 is 3.01. The minimum Gasteiger partial charge on any atom is -0.337 e. The molecule has 3 atom stereocenters. The van der Waals surface area contributed by atoms with Crippen LogP contribution in [-0.4, -0.2) is 55.3 Å². The van der Waals surface area contributed by atoms with E-state index in [9.17, 15) is 9.59 Å². The molecular weight excluding hydrogens is 686 g/mol. The van der Waals surface area contributed by atoms with Crippen molar-refractivity contribution in [3.63, 3.8) is 0 Å². The normalized spacial score (nSPS) is 19.3. The molecule has 2 aliphatic rings. The number of fused-ring (bicyclic) bond motifs is 2. The number of carbonyl (C=O) groups excluding carboxylic acids is 2. The van der Waals surface area contributed by atoms with Crippen LogP contribution in [0, 0.1) is 11.3 Å². The van der Waals surface area contributed by atoms with E-state index in [1.54, 1.807) is 6.20 Å². The second kappa shape index (κ2) is 15.0. The lowest BCUT2D eigenvalue weighted by molar-refractivity contribution is -0.150. The molecule has 0 bridgehead atoms. The number of pyridine rings is 1. The Kier molecular flexibility index (Phi) is 10.7. The van der Waals surface area contributed by atoms with Crippen LogP contribution in [0.4, 0.5) is 0 Å². The Labute approximate surface area is 297 Å². The average Bonchev–Trinajstić information content (AvgIpc) is 3.52. The molecule has 1 aliphatic heterocycles. The van der Waals surface area contributed by atoms with E-state index < -0.39 is 6.04 Å². The SMILES string of the molecule is CC(C)(C)CC(=O)N1CCC([C@H]2c3ccc(Cl)cc3CCc3cc(Br)cnc32)CC1C(=O)N(CCCn1ccnc1)Cc1ccccc1. The summed E-state index contributed by atoms with van der Waals surface area (Å²) in [4.78, 5) is 42.0. The number of likely N-dealkylation sites (tertiary alicyclic amines) is 1. The monoisotopic (exact) mass is 729 g/mol. The Bertz CT molecular complexity index is 1670. The maximum atomic E-state index is 14.9. The fraction of sp³-hybridized carbons (Fsp3) is 0.436. The maximum absolute atomic E-state index is 14.9. The van der Waals surface area contributed by atoms with Crippen LogP contribution >= 0.6 is 27.5 Å². The summed E-state index contributed by atoms with van der Waals surface area (Å²) in [6.45, 7) is 8.63. The first-order valence-electron chi connectivity index (χ1n) is 17.1. The van der Waals surface area contributed by atoms with E-state index in [1.165, 1.54) is 16.7 Å². The van der Waals surface area contributed by atoms with Crippen molar-refractivity contribution in [1.29, 1.82) is 0 Å². The molecule has 6 rings (SSSR count). The third-order valence-corrected chi connectivity index (χ3v) is 10.4. The fourth-order valence-electron chi connectivity index (χ4n) is 7.49. The van der Waals surface area contributed by atoms with Gasteiger partial charge < -0.3 is 14.4 Å². The number of aromatic nitrogens is 3. The van der Waals surface area contributed by atoms with Crippen LogP contribution < -0.4 is 0 Å². The van der Waals surface area contributed by atoms with Crippen LogP contribution in [0.25, 0.3) is 0 Å². The van der Waals surface area contributed by atoms with Crippen molar-refractivity contribution >= 4 is 39.3 Å². The van der Waals surface area contributed by atoms with Gasteiger partial charge in [0.15, 0.2) is 0 Å². The number of halogens is 2. The number of amides is 2. The topological polar surface area (TPSA) is 71.3 Å². The maximum Gasteiger partial charge on any atom is 0.245 e. The van der Waals surface area contributed by atoms with Crippen LogP contribution in [0.3, 0.4) is 0 Å². The molecular formula is C39H45BrClN5O2. The van der Waals surface area contributed by atoms with Crippen LogP contribution in [0.2, 0.25) is 5.02 Å². The first-order chi connectivity index (χ1) is 23.1. The van der Waals surface area contributed by atoms with Crippen LogP contribution in [0.15, 0.2) is 84.0 Å². The van der Waals surface area contributed by atoms with Gasteiger partial charge in [0.05, 0.1) is 12.0 Å². The van der Waals surface area contributed by atoms with Crippen LogP contribution in [0.1, 0.15) is 80.3 Å². The van der Waals surface area contributed by atoms with Crippen LogP contribution in [-0.2, 0) is 35.5 Å². The molecule has 2 aromatic heterocycles. The third kappa shape index (κ3) is 8.20. The van der Waals surface area contributed by atoms with E-state index in [1.807, 2.05) is 57.4 Å². The Hall–Kier alpha value is -3.49. The standard InChI is InChI=1S/C39H45BrClN5O2/c1-39(2,3)23-35(47)46-18-14-29(36-33-13-12-32(41)21-28(33)10-11-30-20-31(40)24-43-37(30)36)22-34(46)38(48)45(25-27-8-5-4-6-9-27)17-7-16-44-19-15-42-26-44/h4-6,8-9,12-13,15,19-21,24,26,29,34,36H,7,10-11,14,16-18,22-23,25H2,1-3H3/t29?,34?,36-/m0/s1. The van der Waals surface area contributed by atoms with Crippen molar-refractivity contribution in [2.24, 2.45) is 11.3 Å². The van der Waals surface area contributed by atoms with Gasteiger partial charge in [-0.15, -0.1) is 0 Å². The van der Waals surface area contributed by atoms with Gasteiger partial charge in [0.1, 0.15) is 6.04 Å². The summed E-state index contributed by atoms with van der Waals surface area (Å²) >= 11 is 10.2. The van der Waals surface area contributed by atoms with Gasteiger partial charge in [0.2, 0.25) is 11.8 Å². The van der Waals surface area contributed by atoms with Crippen molar-refractivity contribution in [2.45, 2.75) is 84.3 Å². The molecule has 0 saturated carbocycles. The summed E-state index contributed by atoms with van der Waals surface area (Å²) in [5, 5.41) is 0.732. The third-order valence-electron chi connectivity index (χ3n) is 9.70. The highest BCUT2D eigenvalue weighted by Gasteiger charge is 2.43. The van der Waals surface area contributed by atoms with Crippen molar-refractivity contribution in [2.75, 3.05) is 13.1 Å². The molecule has 1 aliphatic carbocycles. The predicted octanol–water partition coefficient (Wildman–Crippen LogP) is 8.09. The lowest BCUT2D eigenvalue weighted by Gasteiger charge is -2.44. The molecule has 2 unspecified atom stereocenters. The second-order valence-corrected chi connectivity index (χ2v) is 15.9. The summed E-state index contributed by atoms with van der Waals surface area (Å²) in [5.74, 6) is 0.188. The molecule has 9 heteroatoms. The largest absolute Gasteiger partial charge is 0.337 e. The van der Waals surface area contributed by atoms with E-state index in [-0.39, 0.29) is 29.1 Å². The number of rotatable bonds is 9. The molecule has 48 heavy (non-hydrogen) atoms. The Morgan fingerprint density at radius 3 is 2.60 bits per heavy atom. The molecule has 1 fully saturated rings. The minimum absolute atomic E-state index is 0.00171. The quantitative estimate of drug-likeness (QED) is 0.175. The first kappa shape index (κ1) is 34.4. The summed E-state index contributed by atoms with van der Waals surface area (Å²) in [7, 11) is 0. The number of aryl methyl sites for hydroxylation is 3. The van der Waals surface area contributed by atoms with E-state index in [0.717, 1.165) is 53.0 Å². The molecule has 0 radical (unpaired) electrons. The zero-order chi connectivity index (χ0) is 33.8. The van der Waals surface area contributed by atoms with Gasteiger partial charge >= 0.3 is 0 Å². The Morgan fingerprint density at radius 2 is 1.85 bits per heavy atom. The molecule has 2 aromatic carbocycles. The zero-order valence-corrected chi connectivity index (χ0v) is 30.5. The highest BCUT2D eigenvalue weighted by Crippen LogP contribution is 2.45. The molecule has 3 heterocycles. The number of hydrogen-bond donors (Lipinski definition) is 0. The second-order valence-electron chi connectivity index (χ2n) is 14.5. The van der Waals surface area contributed by atoms with Gasteiger partial charge in [0.25, 0.3) is 0 Å². The van der Waals surface area contributed by atoms with Gasteiger partial charge in [-0.2, -0.15) is 0 Å². The number of imidazole rings is 1. The molecule has 1 saturated heterocycles. The number of carbonyl (C=O) groups is 2. The van der Waals surface area contributed by atoms with Crippen molar-refractivity contribution in [3.8, 4) is 0 Å². The van der Waals surface area contributed by atoms with Gasteiger partial charge in [0, 0.05) is 66.6 Å². The molecule has 4 aromatic rings. The summed E-state index contributed by atoms with van der Waals surface area (Å²) in [5.41, 5.74) is 5.66. The lowest BCUT2D eigenvalue weighted by atomic mass is 9.74. The van der Waals surface area contributed by atoms with Gasteiger partial charge in [-0.25, -0.2) is 4.98 Å². The van der Waals surface area contributed by atoms with Crippen molar-refractivity contribution in [3.05, 3.63) is 117 Å². The minimum atomic E-state index is -0.562. The summed E-state index contributed by atoms with van der Waals surface area (Å²) in [6.07, 6.45) is 11.7. The fourth-order valence-corrected chi connectivity index (χ4v) is 8.06. The van der Waals surface area contributed by atoms with E-state index in [4.69, 9.17) is 16.6 Å². The van der Waals surface area contributed by atoms with Crippen LogP contribution in [0.5, 0.6) is 0 Å². The summed E-state index contributed by atoms with van der Waals surface area (Å²) in [6, 6.07) is 18.0. The van der Waals surface area contributed by atoms with Crippen molar-refractivity contribution in [1.82, 2.24) is 24.3 Å². The first-order valence-corrected chi connectivity index (χ1v) is 18.2. The molecule has 252 valence electrons. The number of nitrogens with zero attached hydrogens (tertiary/aromatic N) is 5. The van der Waals surface area contributed by atoms with Crippen molar-refractivity contribution < 1.29 is 9.59 Å². The van der Waals surface area contributed by atoms with E-state index >= 15 is 0 Å². The smallest absolute Gasteiger partial charge is 0.245 e. The molecule has 2 amide bonds. The Morgan fingerprint density at radius 1 is 1.06 bits per heavy atom. The van der Waals surface area contributed by atoms with Gasteiger partial charge in [-0.3, -0.25) is 14.6 Å². The molecule has 0 N–H and O–H groups in total. The van der Waals surface area contributed by atoms with Gasteiger partial charge in [-0.05, 0) is 99.8 Å². The molecule has 0 spiro atoms. The highest BCUT2D eigenvalue weighted by atomic mass is 79.9. The van der Waals surface area contributed by atoms with Gasteiger partial charge in [-0.1, -0.05) is 68.8 Å². The Balaban J connectivity index is 1.36. The van der Waals surface area contributed by atoms with E-state index in [0.29, 0.717) is 32.5 Å². The number of hydrogen-bond acceptors (Lipinski definition) is 4. The zero-order valence-electron chi connectivity index (χ0n) is 28.1. The van der Waals surface area contributed by atoms with E-state index in [2.05, 4.69) is 72.0 Å². The molecule has 7 nitrogen and oxygen atoms in total.